The smallest absolute Gasteiger partial charge is 0.322 e. The van der Waals surface area contributed by atoms with Gasteiger partial charge in [-0.2, -0.15) is 0 Å². The molecule has 2 aromatic rings. The lowest BCUT2D eigenvalue weighted by Gasteiger charge is -2.37. The third-order valence-corrected chi connectivity index (χ3v) is 11.6. The van der Waals surface area contributed by atoms with Crippen molar-refractivity contribution in [1.82, 2.24) is 25.0 Å². The molecule has 1 aromatic carbocycles. The number of rotatable bonds is 5. The molecule has 278 valence electrons. The predicted molar refractivity (Wildman–Crippen MR) is 212 cm³/mol. The van der Waals surface area contributed by atoms with Gasteiger partial charge >= 0.3 is 6.03 Å². The number of carbonyl (C=O) groups is 3. The number of para-hydroxylation sites is 1. The Balaban J connectivity index is 0.000000303. The molecule has 4 amide bonds. The molecular formula is C39H62N6O3S2. The van der Waals surface area contributed by atoms with Gasteiger partial charge in [-0.15, -0.1) is 35.9 Å². The van der Waals surface area contributed by atoms with E-state index in [0.29, 0.717) is 11.7 Å². The summed E-state index contributed by atoms with van der Waals surface area (Å²) in [6.45, 7) is 21.6. The van der Waals surface area contributed by atoms with Gasteiger partial charge in [0.1, 0.15) is 5.37 Å². The van der Waals surface area contributed by atoms with E-state index in [0.717, 1.165) is 70.6 Å². The fraction of sp³-hybridized carbons (Fsp3) is 0.641. The molecule has 0 radical (unpaired) electrons. The molecular weight excluding hydrogens is 665 g/mol. The first-order chi connectivity index (χ1) is 24.1. The topological polar surface area (TPSA) is 97.9 Å². The van der Waals surface area contributed by atoms with Crippen LogP contribution in [-0.2, 0) is 16.0 Å². The Bertz CT molecular complexity index is 1340. The van der Waals surface area contributed by atoms with Gasteiger partial charge < -0.3 is 25.3 Å². The van der Waals surface area contributed by atoms with Crippen molar-refractivity contribution in [2.24, 2.45) is 5.41 Å². The molecule has 1 atom stereocenters. The quantitative estimate of drug-likeness (QED) is 0.303. The number of nitrogens with zero attached hydrogens (tertiary/aromatic N) is 4. The summed E-state index contributed by atoms with van der Waals surface area (Å²) in [4.78, 5) is 47.9. The number of thiazole rings is 1. The number of piperidine rings is 2. The Kier molecular flexibility index (Phi) is 19.0. The van der Waals surface area contributed by atoms with Crippen LogP contribution in [-0.4, -0.2) is 88.6 Å². The minimum atomic E-state index is -0.0128. The summed E-state index contributed by atoms with van der Waals surface area (Å²) < 4.78 is 0. The largest absolute Gasteiger partial charge is 0.343 e. The van der Waals surface area contributed by atoms with E-state index >= 15 is 0 Å². The maximum atomic E-state index is 12.4. The third kappa shape index (κ3) is 12.6. The average Bonchev–Trinajstić information content (AvgIpc) is 3.73. The zero-order valence-corrected chi connectivity index (χ0v) is 33.4. The van der Waals surface area contributed by atoms with Crippen molar-refractivity contribution in [2.45, 2.75) is 111 Å². The molecule has 0 aliphatic carbocycles. The molecule has 0 saturated carbocycles. The van der Waals surface area contributed by atoms with Crippen LogP contribution in [0.5, 0.6) is 0 Å². The van der Waals surface area contributed by atoms with Crippen LogP contribution in [0.25, 0.3) is 0 Å². The summed E-state index contributed by atoms with van der Waals surface area (Å²) in [6.07, 6.45) is 16.0. The molecule has 0 spiro atoms. The summed E-state index contributed by atoms with van der Waals surface area (Å²) in [7, 11) is 0. The highest BCUT2D eigenvalue weighted by Gasteiger charge is 2.35. The lowest BCUT2D eigenvalue weighted by atomic mass is 9.92. The van der Waals surface area contributed by atoms with Gasteiger partial charge in [-0.3, -0.25) is 9.59 Å². The molecule has 9 nitrogen and oxygen atoms in total. The van der Waals surface area contributed by atoms with Crippen LogP contribution in [0.1, 0.15) is 114 Å². The number of hydrogen-bond donors (Lipinski definition) is 2. The molecule has 3 saturated heterocycles. The second-order valence-corrected chi connectivity index (χ2v) is 15.6. The van der Waals surface area contributed by atoms with Crippen LogP contribution >= 0.6 is 23.1 Å². The number of carbonyl (C=O) groups excluding carboxylic acids is 3. The number of urea groups is 1. The summed E-state index contributed by atoms with van der Waals surface area (Å²) in [5.74, 6) is 1.61. The molecule has 1 unspecified atom stereocenters. The van der Waals surface area contributed by atoms with Crippen molar-refractivity contribution in [1.29, 1.82) is 0 Å². The third-order valence-electron chi connectivity index (χ3n) is 9.04. The number of likely N-dealkylation sites (tertiary alicyclic amines) is 1. The van der Waals surface area contributed by atoms with Crippen molar-refractivity contribution in [3.05, 3.63) is 45.9 Å². The van der Waals surface area contributed by atoms with Crippen molar-refractivity contribution >= 4 is 46.6 Å². The van der Waals surface area contributed by atoms with Gasteiger partial charge in [0.15, 0.2) is 0 Å². The van der Waals surface area contributed by atoms with Crippen molar-refractivity contribution in [3.8, 4) is 12.8 Å². The molecule has 1 aromatic heterocycles. The molecule has 2 N–H and O–H groups in total. The lowest BCUT2D eigenvalue weighted by Crippen LogP contribution is -2.49. The molecule has 5 heterocycles. The highest BCUT2D eigenvalue weighted by atomic mass is 32.2. The van der Waals surface area contributed by atoms with Gasteiger partial charge in [0.2, 0.25) is 11.8 Å². The monoisotopic (exact) mass is 726 g/mol. The summed E-state index contributed by atoms with van der Waals surface area (Å²) in [5.41, 5.74) is 2.37. The average molecular weight is 727 g/mol. The van der Waals surface area contributed by atoms with E-state index in [1.165, 1.54) is 28.3 Å². The second kappa shape index (κ2) is 22.0. The number of terminal acetylenes is 1. The fourth-order valence-electron chi connectivity index (χ4n) is 6.29. The first kappa shape index (κ1) is 43.1. The van der Waals surface area contributed by atoms with Gasteiger partial charge in [-0.1, -0.05) is 66.7 Å². The van der Waals surface area contributed by atoms with Crippen LogP contribution in [0.15, 0.2) is 30.5 Å². The molecule has 6 rings (SSSR count). The minimum absolute atomic E-state index is 0.0128. The Morgan fingerprint density at radius 2 is 1.62 bits per heavy atom. The number of benzene rings is 1. The maximum Gasteiger partial charge on any atom is 0.322 e. The van der Waals surface area contributed by atoms with E-state index in [2.05, 4.69) is 55.2 Å². The second-order valence-electron chi connectivity index (χ2n) is 13.5. The Labute approximate surface area is 310 Å². The number of fused-ring (bicyclic) bond motifs is 1. The number of aromatic nitrogens is 1. The maximum absolute atomic E-state index is 12.4. The van der Waals surface area contributed by atoms with Gasteiger partial charge in [0.05, 0.1) is 15.6 Å². The number of anilines is 1. The van der Waals surface area contributed by atoms with Gasteiger partial charge in [0.25, 0.3) is 0 Å². The molecule has 50 heavy (non-hydrogen) atoms. The van der Waals surface area contributed by atoms with Crippen molar-refractivity contribution in [2.75, 3.05) is 50.3 Å². The molecule has 11 heteroatoms. The van der Waals surface area contributed by atoms with Crippen LogP contribution < -0.4 is 10.6 Å². The summed E-state index contributed by atoms with van der Waals surface area (Å²) in [6, 6.07) is 8.19. The van der Waals surface area contributed by atoms with E-state index < -0.39 is 0 Å². The molecule has 4 aliphatic rings. The van der Waals surface area contributed by atoms with Gasteiger partial charge in [0, 0.05) is 56.9 Å². The SMILES string of the molecule is C#C.CC.CC.CC(=O)N1CCC(N2CCc3ccccc3NC2=O)CC1.CC(C)(C)CCN1C(=O)CSC1c1cnc(C2CCNCC2)s1. The molecule has 3 fully saturated rings. The zero-order chi connectivity index (χ0) is 37.3. The normalized spacial score (nSPS) is 19.5. The first-order valence-corrected chi connectivity index (χ1v) is 20.3. The number of nitrogens with one attached hydrogen (secondary N) is 2. The Morgan fingerprint density at radius 1 is 0.980 bits per heavy atom. The van der Waals surface area contributed by atoms with E-state index in [1.807, 2.05) is 73.2 Å². The van der Waals surface area contributed by atoms with Crippen LogP contribution in [0, 0.1) is 18.3 Å². The Hall–Kier alpha value is -3.07. The number of thioether (sulfide) groups is 1. The van der Waals surface area contributed by atoms with E-state index in [1.54, 1.807) is 18.7 Å². The van der Waals surface area contributed by atoms with Crippen molar-refractivity contribution < 1.29 is 14.4 Å². The lowest BCUT2D eigenvalue weighted by molar-refractivity contribution is -0.130. The molecule has 0 bridgehead atoms. The van der Waals surface area contributed by atoms with Crippen molar-refractivity contribution in [3.63, 3.8) is 0 Å². The van der Waals surface area contributed by atoms with Gasteiger partial charge in [-0.25, -0.2) is 9.78 Å². The van der Waals surface area contributed by atoms with Crippen LogP contribution in [0.3, 0.4) is 0 Å². The highest BCUT2D eigenvalue weighted by Crippen LogP contribution is 2.43. The van der Waals surface area contributed by atoms with Crippen LogP contribution in [0.4, 0.5) is 10.5 Å². The fourth-order valence-corrected chi connectivity index (χ4v) is 8.82. The standard InChI is InChI=1S/C17H27N3OS2.C16H21N3O2.2C2H6.C2H2/c1-17(2,3)6-9-20-14(21)11-22-16(20)13-10-19-15(23-13)12-4-7-18-8-5-12;1-12(20)18-9-7-14(8-10-18)19-11-6-13-4-2-3-5-15(13)17-16(19)21;3*1-2/h10,12,16,18H,4-9,11H2,1-3H3;2-5,14H,6-11H2,1H3,(H,17,21);2*1-2H3;1-2H. The predicted octanol–water partition coefficient (Wildman–Crippen LogP) is 8.01. The Morgan fingerprint density at radius 3 is 2.24 bits per heavy atom. The van der Waals surface area contributed by atoms with E-state index in [4.69, 9.17) is 4.98 Å². The highest BCUT2D eigenvalue weighted by molar-refractivity contribution is 8.00. The van der Waals surface area contributed by atoms with Crippen LogP contribution in [0.2, 0.25) is 0 Å². The molecule has 4 aliphatic heterocycles. The summed E-state index contributed by atoms with van der Waals surface area (Å²) in [5, 5.41) is 7.86. The number of amides is 4. The minimum Gasteiger partial charge on any atom is -0.343 e. The van der Waals surface area contributed by atoms with E-state index in [-0.39, 0.29) is 34.7 Å². The first-order valence-electron chi connectivity index (χ1n) is 18.4. The number of hydrogen-bond acceptors (Lipinski definition) is 7. The summed E-state index contributed by atoms with van der Waals surface area (Å²) >= 11 is 3.58. The van der Waals surface area contributed by atoms with E-state index in [9.17, 15) is 14.4 Å². The van der Waals surface area contributed by atoms with Gasteiger partial charge in [-0.05, 0) is 68.7 Å². The zero-order valence-electron chi connectivity index (χ0n) is 31.8.